The van der Waals surface area contributed by atoms with Crippen molar-refractivity contribution in [2.24, 2.45) is 5.73 Å². The number of nitrogen functional groups attached to an aromatic ring is 1. The molecule has 4 N–H and O–H groups in total. The van der Waals surface area contributed by atoms with Gasteiger partial charge in [-0.2, -0.15) is 0 Å². The first-order valence-corrected chi connectivity index (χ1v) is 6.95. The number of hydrogen-bond acceptors (Lipinski definition) is 4. The third kappa shape index (κ3) is 3.17. The van der Waals surface area contributed by atoms with E-state index in [0.717, 1.165) is 21.9 Å². The van der Waals surface area contributed by atoms with Crippen molar-refractivity contribution in [2.75, 3.05) is 24.3 Å². The van der Waals surface area contributed by atoms with Gasteiger partial charge in [-0.25, -0.2) is 0 Å². The van der Waals surface area contributed by atoms with Gasteiger partial charge in [0, 0.05) is 23.7 Å². The van der Waals surface area contributed by atoms with E-state index in [2.05, 4.69) is 6.92 Å². The number of benzene rings is 1. The number of likely N-dealkylation sites (N-methyl/N-ethyl adjacent to an activating group) is 1. The Bertz CT molecular complexity index is 423. The Morgan fingerprint density at radius 3 is 2.72 bits per heavy atom. The lowest BCUT2D eigenvalue weighted by atomic mass is 10.1. The summed E-state index contributed by atoms with van der Waals surface area (Å²) in [6.07, 6.45) is 0. The molecule has 1 unspecified atom stereocenters. The molecule has 0 saturated carbocycles. The minimum absolute atomic E-state index is 0.00928. The molecule has 0 amide bonds. The monoisotopic (exact) mass is 267 g/mol. The van der Waals surface area contributed by atoms with Gasteiger partial charge in [-0.1, -0.05) is 13.0 Å². The number of hydrogen-bond donors (Lipinski definition) is 3. The molecule has 0 radical (unpaired) electrons. The van der Waals surface area contributed by atoms with Gasteiger partial charge in [-0.15, -0.1) is 11.8 Å². The van der Waals surface area contributed by atoms with E-state index in [1.807, 2.05) is 37.1 Å². The number of amidine groups is 1. The normalized spacial score (nSPS) is 12.2. The van der Waals surface area contributed by atoms with E-state index >= 15 is 0 Å². The third-order valence-electron chi connectivity index (χ3n) is 2.88. The van der Waals surface area contributed by atoms with Crippen molar-refractivity contribution < 1.29 is 5.11 Å². The molecular formula is C13H21N3OS. The minimum atomic E-state index is -0.00928. The summed E-state index contributed by atoms with van der Waals surface area (Å²) < 4.78 is 0. The van der Waals surface area contributed by atoms with Gasteiger partial charge in [0.05, 0.1) is 12.2 Å². The molecule has 0 bridgehead atoms. The average Bonchev–Trinajstić information content (AvgIpc) is 2.36. The maximum Gasteiger partial charge on any atom is 0.126 e. The topological polar surface area (TPSA) is 73.3 Å². The van der Waals surface area contributed by atoms with Crippen LogP contribution in [0.2, 0.25) is 0 Å². The largest absolute Gasteiger partial charge is 0.394 e. The number of nitrogens with two attached hydrogens (primary N) is 1. The van der Waals surface area contributed by atoms with Gasteiger partial charge in [0.1, 0.15) is 5.84 Å². The molecule has 18 heavy (non-hydrogen) atoms. The number of anilines is 1. The zero-order chi connectivity index (χ0) is 13.7. The van der Waals surface area contributed by atoms with Gasteiger partial charge >= 0.3 is 0 Å². The molecule has 0 aliphatic carbocycles. The SMILES string of the molecule is CCSc1cccc(N(C)C(C)CO)c1C(=N)N. The Balaban J connectivity index is 3.26. The fourth-order valence-electron chi connectivity index (χ4n) is 1.72. The van der Waals surface area contributed by atoms with E-state index in [1.54, 1.807) is 11.8 Å². The molecule has 4 nitrogen and oxygen atoms in total. The fourth-order valence-corrected chi connectivity index (χ4v) is 2.56. The standard InChI is InChI=1S/C13H21N3OS/c1-4-18-11-7-5-6-10(12(11)13(14)15)16(3)9(2)8-17/h5-7,9,17H,4,8H2,1-3H3,(H3,14,15). The summed E-state index contributed by atoms with van der Waals surface area (Å²) in [6, 6.07) is 5.86. The molecule has 100 valence electrons. The molecule has 0 aromatic heterocycles. The molecule has 0 aliphatic rings. The Morgan fingerprint density at radius 1 is 1.56 bits per heavy atom. The number of aliphatic hydroxyl groups is 1. The van der Waals surface area contributed by atoms with Crippen LogP contribution in [-0.2, 0) is 0 Å². The lowest BCUT2D eigenvalue weighted by Gasteiger charge is -2.28. The lowest BCUT2D eigenvalue weighted by Crippen LogP contribution is -2.33. The highest BCUT2D eigenvalue weighted by Crippen LogP contribution is 2.30. The van der Waals surface area contributed by atoms with Crippen LogP contribution in [0.25, 0.3) is 0 Å². The van der Waals surface area contributed by atoms with Crippen LogP contribution in [0.5, 0.6) is 0 Å². The molecule has 0 saturated heterocycles. The summed E-state index contributed by atoms with van der Waals surface area (Å²) in [5, 5.41) is 17.0. The fraction of sp³-hybridized carbons (Fsp3) is 0.462. The molecule has 1 aromatic carbocycles. The second-order valence-corrected chi connectivity index (χ2v) is 5.45. The summed E-state index contributed by atoms with van der Waals surface area (Å²) in [6.45, 7) is 4.07. The van der Waals surface area contributed by atoms with Crippen LogP contribution >= 0.6 is 11.8 Å². The first-order chi connectivity index (χ1) is 8.52. The zero-order valence-electron chi connectivity index (χ0n) is 11.1. The van der Waals surface area contributed by atoms with Gasteiger partial charge in [0.15, 0.2) is 0 Å². The number of nitrogens with zero attached hydrogens (tertiary/aromatic N) is 1. The van der Waals surface area contributed by atoms with Crippen molar-refractivity contribution in [1.82, 2.24) is 0 Å². The van der Waals surface area contributed by atoms with Crippen molar-refractivity contribution in [1.29, 1.82) is 5.41 Å². The van der Waals surface area contributed by atoms with Crippen LogP contribution in [0.4, 0.5) is 5.69 Å². The molecule has 1 atom stereocenters. The molecule has 1 rings (SSSR count). The van der Waals surface area contributed by atoms with Gasteiger partial charge in [0.2, 0.25) is 0 Å². The Morgan fingerprint density at radius 2 is 2.22 bits per heavy atom. The summed E-state index contributed by atoms with van der Waals surface area (Å²) in [7, 11) is 1.91. The molecule has 5 heteroatoms. The van der Waals surface area contributed by atoms with Crippen LogP contribution in [0.1, 0.15) is 19.4 Å². The van der Waals surface area contributed by atoms with Crippen molar-refractivity contribution in [2.45, 2.75) is 24.8 Å². The van der Waals surface area contributed by atoms with E-state index in [9.17, 15) is 5.11 Å². The van der Waals surface area contributed by atoms with Crippen molar-refractivity contribution in [3.05, 3.63) is 23.8 Å². The van der Waals surface area contributed by atoms with Gasteiger partial charge < -0.3 is 15.7 Å². The lowest BCUT2D eigenvalue weighted by molar-refractivity contribution is 0.270. The second kappa shape index (κ2) is 6.66. The second-order valence-electron chi connectivity index (χ2n) is 4.14. The maximum atomic E-state index is 9.24. The highest BCUT2D eigenvalue weighted by molar-refractivity contribution is 7.99. The predicted octanol–water partition coefficient (Wildman–Crippen LogP) is 1.90. The quantitative estimate of drug-likeness (QED) is 0.418. The van der Waals surface area contributed by atoms with Gasteiger partial charge in [0.25, 0.3) is 0 Å². The molecule has 0 fully saturated rings. The Labute approximate surface area is 113 Å². The first-order valence-electron chi connectivity index (χ1n) is 5.96. The molecule has 0 aliphatic heterocycles. The van der Waals surface area contributed by atoms with E-state index in [1.165, 1.54) is 0 Å². The highest BCUT2D eigenvalue weighted by atomic mass is 32.2. The van der Waals surface area contributed by atoms with E-state index in [0.29, 0.717) is 0 Å². The smallest absolute Gasteiger partial charge is 0.126 e. The van der Waals surface area contributed by atoms with Crippen molar-refractivity contribution >= 4 is 23.3 Å². The Kier molecular flexibility index (Phi) is 5.50. The molecule has 0 heterocycles. The van der Waals surface area contributed by atoms with Crippen LogP contribution < -0.4 is 10.6 Å². The first kappa shape index (κ1) is 14.9. The van der Waals surface area contributed by atoms with E-state index in [-0.39, 0.29) is 18.5 Å². The maximum absolute atomic E-state index is 9.24. The number of thioether (sulfide) groups is 1. The average molecular weight is 267 g/mol. The molecule has 1 aromatic rings. The van der Waals surface area contributed by atoms with Crippen LogP contribution in [0.15, 0.2) is 23.1 Å². The number of nitrogens with one attached hydrogen (secondary N) is 1. The summed E-state index contributed by atoms with van der Waals surface area (Å²) in [5.41, 5.74) is 7.35. The van der Waals surface area contributed by atoms with Crippen LogP contribution in [0.3, 0.4) is 0 Å². The van der Waals surface area contributed by atoms with Gasteiger partial charge in [-0.3, -0.25) is 5.41 Å². The summed E-state index contributed by atoms with van der Waals surface area (Å²) >= 11 is 1.67. The van der Waals surface area contributed by atoms with Crippen molar-refractivity contribution in [3.63, 3.8) is 0 Å². The van der Waals surface area contributed by atoms with Crippen molar-refractivity contribution in [3.8, 4) is 0 Å². The summed E-state index contributed by atoms with van der Waals surface area (Å²) in [5.74, 6) is 1.00. The molecular weight excluding hydrogens is 246 g/mol. The number of aliphatic hydroxyl groups excluding tert-OH is 1. The summed E-state index contributed by atoms with van der Waals surface area (Å²) in [4.78, 5) is 2.97. The van der Waals surface area contributed by atoms with E-state index in [4.69, 9.17) is 11.1 Å². The highest BCUT2D eigenvalue weighted by Gasteiger charge is 2.17. The third-order valence-corrected chi connectivity index (χ3v) is 3.82. The minimum Gasteiger partial charge on any atom is -0.394 e. The molecule has 0 spiro atoms. The zero-order valence-corrected chi connectivity index (χ0v) is 11.9. The van der Waals surface area contributed by atoms with Crippen LogP contribution in [-0.4, -0.2) is 36.4 Å². The number of rotatable bonds is 6. The van der Waals surface area contributed by atoms with E-state index < -0.39 is 0 Å². The van der Waals surface area contributed by atoms with Gasteiger partial charge in [-0.05, 0) is 24.8 Å². The Hall–Kier alpha value is -1.20. The predicted molar refractivity (Wildman–Crippen MR) is 78.8 cm³/mol. The van der Waals surface area contributed by atoms with Crippen LogP contribution in [0, 0.1) is 5.41 Å².